The Labute approximate surface area is 64.0 Å². The first-order chi connectivity index (χ1) is 4.59. The Balaban J connectivity index is 3.71. The maximum atomic E-state index is 11.0. The first-order valence-corrected chi connectivity index (χ1v) is 3.56. The summed E-state index contributed by atoms with van der Waals surface area (Å²) >= 11 is 0. The Morgan fingerprint density at radius 1 is 1.60 bits per heavy atom. The highest BCUT2D eigenvalue weighted by Gasteiger charge is 2.11. The number of rotatable bonds is 3. The number of carbonyl (C=O) groups is 1. The fraction of sp³-hybridized carbons (Fsp3) is 0.857. The van der Waals surface area contributed by atoms with Gasteiger partial charge < -0.3 is 4.90 Å². The first kappa shape index (κ1) is 9.53. The third-order valence-corrected chi connectivity index (χ3v) is 1.36. The summed E-state index contributed by atoms with van der Waals surface area (Å²) < 4.78 is 0. The molecule has 2 nitrogen and oxygen atoms in total. The van der Waals surface area contributed by atoms with Crippen molar-refractivity contribution in [2.24, 2.45) is 0 Å². The van der Waals surface area contributed by atoms with E-state index < -0.39 is 0 Å². The average Bonchev–Trinajstić information content (AvgIpc) is 1.87. The van der Waals surface area contributed by atoms with Crippen LogP contribution in [0, 0.1) is 0 Å². The molecular formula is C7H14BNO. The Morgan fingerprint density at radius 3 is 2.40 bits per heavy atom. The third kappa shape index (κ3) is 2.90. The molecule has 0 heterocycles. The predicted molar refractivity (Wildman–Crippen MR) is 43.1 cm³/mol. The maximum Gasteiger partial charge on any atom is 0.216 e. The SMILES string of the molecule is [B]C(CCC)C(=O)N(C)C. The molecule has 0 aliphatic heterocycles. The van der Waals surface area contributed by atoms with Gasteiger partial charge in [0.05, 0.1) is 7.85 Å². The largest absolute Gasteiger partial charge is 0.349 e. The Hall–Kier alpha value is -0.465. The van der Waals surface area contributed by atoms with Gasteiger partial charge in [0, 0.05) is 19.9 Å². The Morgan fingerprint density at radius 2 is 2.10 bits per heavy atom. The van der Waals surface area contributed by atoms with E-state index >= 15 is 0 Å². The quantitative estimate of drug-likeness (QED) is 0.530. The highest BCUT2D eigenvalue weighted by molar-refractivity contribution is 6.23. The van der Waals surface area contributed by atoms with Crippen LogP contribution in [0.1, 0.15) is 19.8 Å². The molecule has 1 atom stereocenters. The summed E-state index contributed by atoms with van der Waals surface area (Å²) in [6.45, 7) is 2.02. The smallest absolute Gasteiger partial charge is 0.216 e. The molecule has 0 saturated heterocycles. The minimum absolute atomic E-state index is 0.0156. The first-order valence-electron chi connectivity index (χ1n) is 3.56. The third-order valence-electron chi connectivity index (χ3n) is 1.36. The van der Waals surface area contributed by atoms with E-state index in [-0.39, 0.29) is 11.7 Å². The van der Waals surface area contributed by atoms with Crippen LogP contribution >= 0.6 is 0 Å². The molecule has 0 fully saturated rings. The lowest BCUT2D eigenvalue weighted by Crippen LogP contribution is -2.26. The van der Waals surface area contributed by atoms with Crippen LogP contribution in [0.4, 0.5) is 0 Å². The molecule has 0 aliphatic carbocycles. The summed E-state index contributed by atoms with van der Waals surface area (Å²) in [6.07, 6.45) is 1.73. The van der Waals surface area contributed by atoms with Crippen molar-refractivity contribution >= 4 is 13.8 Å². The van der Waals surface area contributed by atoms with E-state index in [0.29, 0.717) is 0 Å². The second-order valence-corrected chi connectivity index (χ2v) is 2.63. The number of carbonyl (C=O) groups excluding carboxylic acids is 1. The molecule has 0 aromatic carbocycles. The van der Waals surface area contributed by atoms with Gasteiger partial charge in [-0.2, -0.15) is 0 Å². The fourth-order valence-electron chi connectivity index (χ4n) is 0.766. The van der Waals surface area contributed by atoms with Gasteiger partial charge in [-0.3, -0.25) is 4.79 Å². The van der Waals surface area contributed by atoms with Crippen molar-refractivity contribution in [1.29, 1.82) is 0 Å². The minimum atomic E-state index is -0.306. The van der Waals surface area contributed by atoms with Crippen molar-refractivity contribution in [3.63, 3.8) is 0 Å². The van der Waals surface area contributed by atoms with E-state index in [1.807, 2.05) is 6.92 Å². The summed E-state index contributed by atoms with van der Waals surface area (Å²) in [5.41, 5.74) is 0. The van der Waals surface area contributed by atoms with Crippen LogP contribution in [0.15, 0.2) is 0 Å². The molecule has 0 aliphatic rings. The minimum Gasteiger partial charge on any atom is -0.349 e. The molecule has 0 aromatic rings. The van der Waals surface area contributed by atoms with Gasteiger partial charge >= 0.3 is 0 Å². The monoisotopic (exact) mass is 139 g/mol. The van der Waals surface area contributed by atoms with Gasteiger partial charge in [0.2, 0.25) is 5.91 Å². The number of hydrogen-bond acceptors (Lipinski definition) is 1. The van der Waals surface area contributed by atoms with Crippen LogP contribution in [0.5, 0.6) is 0 Å². The highest BCUT2D eigenvalue weighted by Crippen LogP contribution is 2.09. The molecule has 1 unspecified atom stereocenters. The summed E-state index contributed by atoms with van der Waals surface area (Å²) in [7, 11) is 8.98. The molecule has 10 heavy (non-hydrogen) atoms. The molecule has 0 N–H and O–H groups in total. The normalized spacial score (nSPS) is 12.7. The van der Waals surface area contributed by atoms with Crippen molar-refractivity contribution in [2.45, 2.75) is 25.6 Å². The van der Waals surface area contributed by atoms with Crippen LogP contribution in [0.2, 0.25) is 5.82 Å². The molecular weight excluding hydrogens is 125 g/mol. The van der Waals surface area contributed by atoms with E-state index in [1.54, 1.807) is 14.1 Å². The van der Waals surface area contributed by atoms with E-state index in [4.69, 9.17) is 7.85 Å². The number of nitrogens with zero attached hydrogens (tertiary/aromatic N) is 1. The van der Waals surface area contributed by atoms with Crippen molar-refractivity contribution in [2.75, 3.05) is 14.1 Å². The summed E-state index contributed by atoms with van der Waals surface area (Å²) in [5.74, 6) is -0.290. The van der Waals surface area contributed by atoms with Crippen LogP contribution in [0.25, 0.3) is 0 Å². The van der Waals surface area contributed by atoms with Gasteiger partial charge in [-0.15, -0.1) is 0 Å². The zero-order chi connectivity index (χ0) is 8.15. The van der Waals surface area contributed by atoms with E-state index in [0.717, 1.165) is 12.8 Å². The van der Waals surface area contributed by atoms with Crippen molar-refractivity contribution < 1.29 is 4.79 Å². The maximum absolute atomic E-state index is 11.0. The van der Waals surface area contributed by atoms with Gasteiger partial charge in [-0.25, -0.2) is 0 Å². The number of amides is 1. The summed E-state index contributed by atoms with van der Waals surface area (Å²) in [6, 6.07) is 0. The molecule has 0 saturated carbocycles. The molecule has 0 spiro atoms. The summed E-state index contributed by atoms with van der Waals surface area (Å²) in [4.78, 5) is 12.6. The zero-order valence-electron chi connectivity index (χ0n) is 6.92. The lowest BCUT2D eigenvalue weighted by atomic mass is 9.82. The van der Waals surface area contributed by atoms with Crippen LogP contribution in [0.3, 0.4) is 0 Å². The van der Waals surface area contributed by atoms with Gasteiger partial charge in [0.1, 0.15) is 0 Å². The van der Waals surface area contributed by atoms with Crippen molar-refractivity contribution in [3.05, 3.63) is 0 Å². The van der Waals surface area contributed by atoms with Gasteiger partial charge in [0.25, 0.3) is 0 Å². The van der Waals surface area contributed by atoms with Gasteiger partial charge in [-0.1, -0.05) is 19.8 Å². The standard InChI is InChI=1S/C7H14BNO/c1-4-5-6(8)7(10)9(2)3/h6H,4-5H2,1-3H3. The zero-order valence-corrected chi connectivity index (χ0v) is 6.92. The topological polar surface area (TPSA) is 20.3 Å². The molecule has 1 amide bonds. The fourth-order valence-corrected chi connectivity index (χ4v) is 0.766. The van der Waals surface area contributed by atoms with Gasteiger partial charge in [-0.05, 0) is 0 Å². The predicted octanol–water partition coefficient (Wildman–Crippen LogP) is 0.832. The molecule has 56 valence electrons. The molecule has 2 radical (unpaired) electrons. The van der Waals surface area contributed by atoms with Crippen LogP contribution in [-0.4, -0.2) is 32.7 Å². The highest BCUT2D eigenvalue weighted by atomic mass is 16.2. The Kier molecular flexibility index (Phi) is 4.16. The second-order valence-electron chi connectivity index (χ2n) is 2.63. The Bertz CT molecular complexity index is 114. The molecule has 0 bridgehead atoms. The van der Waals surface area contributed by atoms with Crippen LogP contribution < -0.4 is 0 Å². The van der Waals surface area contributed by atoms with E-state index in [1.165, 1.54) is 4.90 Å². The summed E-state index contributed by atoms with van der Waals surface area (Å²) in [5, 5.41) is 0. The lowest BCUT2D eigenvalue weighted by molar-refractivity contribution is -0.128. The van der Waals surface area contributed by atoms with E-state index in [9.17, 15) is 4.79 Å². The van der Waals surface area contributed by atoms with Gasteiger partial charge in [0.15, 0.2) is 0 Å². The average molecular weight is 139 g/mol. The molecule has 3 heteroatoms. The van der Waals surface area contributed by atoms with Crippen molar-refractivity contribution in [1.82, 2.24) is 4.90 Å². The van der Waals surface area contributed by atoms with Crippen LogP contribution in [-0.2, 0) is 4.79 Å². The lowest BCUT2D eigenvalue weighted by Gasteiger charge is -2.15. The molecule has 0 rings (SSSR count). The van der Waals surface area contributed by atoms with Crippen molar-refractivity contribution in [3.8, 4) is 0 Å². The molecule has 0 aromatic heterocycles. The van der Waals surface area contributed by atoms with E-state index in [2.05, 4.69) is 0 Å². The second kappa shape index (κ2) is 4.37. The number of hydrogen-bond donors (Lipinski definition) is 0.